The van der Waals surface area contributed by atoms with Crippen molar-refractivity contribution in [3.8, 4) is 17.3 Å². The van der Waals surface area contributed by atoms with Gasteiger partial charge in [0.15, 0.2) is 0 Å². The second kappa shape index (κ2) is 4.26. The maximum absolute atomic E-state index is 11.2. The molecule has 1 heterocycles. The Labute approximate surface area is 93.3 Å². The Morgan fingerprint density at radius 2 is 2.25 bits per heavy atom. The minimum absolute atomic E-state index is 0.205. The molecule has 2 N–H and O–H groups in total. The summed E-state index contributed by atoms with van der Waals surface area (Å²) in [6.07, 6.45) is 1.14. The SMILES string of the molecule is CCCC(=O)Oc1ccc2cc(N)cc-2o1. The molecule has 1 aliphatic carbocycles. The van der Waals surface area contributed by atoms with Crippen molar-refractivity contribution in [2.45, 2.75) is 19.8 Å². The Balaban J connectivity index is 2.20. The molecule has 4 nitrogen and oxygen atoms in total. The molecule has 16 heavy (non-hydrogen) atoms. The lowest BCUT2D eigenvalue weighted by molar-refractivity contribution is -0.135. The Morgan fingerprint density at radius 1 is 1.44 bits per heavy atom. The van der Waals surface area contributed by atoms with Crippen molar-refractivity contribution in [1.82, 2.24) is 0 Å². The van der Waals surface area contributed by atoms with Gasteiger partial charge in [-0.1, -0.05) is 6.92 Å². The smallest absolute Gasteiger partial charge is 0.313 e. The number of fused-ring (bicyclic) bond motifs is 1. The zero-order valence-electron chi connectivity index (χ0n) is 9.03. The third kappa shape index (κ3) is 2.16. The van der Waals surface area contributed by atoms with Gasteiger partial charge in [0.25, 0.3) is 5.95 Å². The van der Waals surface area contributed by atoms with Gasteiger partial charge in [-0.05, 0) is 18.6 Å². The molecule has 0 radical (unpaired) electrons. The lowest BCUT2D eigenvalue weighted by Crippen LogP contribution is -2.06. The van der Waals surface area contributed by atoms with Crippen LogP contribution in [0.25, 0.3) is 11.3 Å². The summed E-state index contributed by atoms with van der Waals surface area (Å²) in [4.78, 5) is 11.2. The number of nitrogens with two attached hydrogens (primary N) is 1. The highest BCUT2D eigenvalue weighted by molar-refractivity contribution is 5.73. The highest BCUT2D eigenvalue weighted by Crippen LogP contribution is 2.31. The summed E-state index contributed by atoms with van der Waals surface area (Å²) in [7, 11) is 0. The minimum Gasteiger partial charge on any atom is -0.425 e. The third-order valence-corrected chi connectivity index (χ3v) is 2.18. The standard InChI is InChI=1S/C12H13NO3/c1-2-3-11(14)16-12-5-4-8-6-9(13)7-10(8)15-12/h4-7H,2-3,13H2,1H3. The van der Waals surface area contributed by atoms with Crippen LogP contribution in [0.3, 0.4) is 0 Å². The van der Waals surface area contributed by atoms with Gasteiger partial charge in [-0.15, -0.1) is 0 Å². The molecule has 0 spiro atoms. The van der Waals surface area contributed by atoms with Crippen LogP contribution in [0.1, 0.15) is 19.8 Å². The molecule has 0 aromatic heterocycles. The first-order valence-electron chi connectivity index (χ1n) is 5.19. The van der Waals surface area contributed by atoms with Gasteiger partial charge in [-0.3, -0.25) is 4.79 Å². The van der Waals surface area contributed by atoms with Crippen LogP contribution in [-0.2, 0) is 4.79 Å². The summed E-state index contributed by atoms with van der Waals surface area (Å²) >= 11 is 0. The van der Waals surface area contributed by atoms with Crippen molar-refractivity contribution in [2.75, 3.05) is 5.73 Å². The van der Waals surface area contributed by atoms with E-state index < -0.39 is 0 Å². The third-order valence-electron chi connectivity index (χ3n) is 2.18. The second-order valence-electron chi connectivity index (χ2n) is 3.59. The number of hydrogen-bond acceptors (Lipinski definition) is 4. The molecule has 0 saturated heterocycles. The minimum atomic E-state index is -0.287. The molecule has 1 aliphatic heterocycles. The topological polar surface area (TPSA) is 65.5 Å². The van der Waals surface area contributed by atoms with Crippen molar-refractivity contribution in [3.05, 3.63) is 24.3 Å². The highest BCUT2D eigenvalue weighted by atomic mass is 16.6. The van der Waals surface area contributed by atoms with E-state index in [9.17, 15) is 4.79 Å². The fourth-order valence-corrected chi connectivity index (χ4v) is 1.47. The predicted molar refractivity (Wildman–Crippen MR) is 60.3 cm³/mol. The Bertz CT molecular complexity index is 475. The molecule has 2 aliphatic rings. The summed E-state index contributed by atoms with van der Waals surface area (Å²) in [6, 6.07) is 6.93. The normalized spacial score (nSPS) is 10.6. The number of esters is 1. The number of carbonyl (C=O) groups excluding carboxylic acids is 1. The lowest BCUT2D eigenvalue weighted by Gasteiger charge is -2.04. The van der Waals surface area contributed by atoms with Crippen molar-refractivity contribution < 1.29 is 13.9 Å². The van der Waals surface area contributed by atoms with Crippen LogP contribution < -0.4 is 10.5 Å². The summed E-state index contributed by atoms with van der Waals surface area (Å²) in [5, 5.41) is 0. The molecule has 84 valence electrons. The van der Waals surface area contributed by atoms with Gasteiger partial charge in [-0.2, -0.15) is 0 Å². The number of anilines is 1. The largest absolute Gasteiger partial charge is 0.425 e. The van der Waals surface area contributed by atoms with Crippen molar-refractivity contribution in [3.63, 3.8) is 0 Å². The summed E-state index contributed by atoms with van der Waals surface area (Å²) < 4.78 is 10.4. The van der Waals surface area contributed by atoms with Gasteiger partial charge >= 0.3 is 5.97 Å². The number of hydrogen-bond donors (Lipinski definition) is 1. The zero-order chi connectivity index (χ0) is 11.5. The van der Waals surface area contributed by atoms with Crippen LogP contribution in [0.15, 0.2) is 28.7 Å². The average Bonchev–Trinajstić information content (AvgIpc) is 2.57. The molecule has 0 unspecified atom stereocenters. The lowest BCUT2D eigenvalue weighted by atomic mass is 10.2. The van der Waals surface area contributed by atoms with E-state index in [2.05, 4.69) is 0 Å². The summed E-state index contributed by atoms with van der Waals surface area (Å²) in [5.74, 6) is 0.543. The quantitative estimate of drug-likeness (QED) is 0.806. The van der Waals surface area contributed by atoms with E-state index in [0.717, 1.165) is 12.0 Å². The molecule has 2 rings (SSSR count). The van der Waals surface area contributed by atoms with Gasteiger partial charge in [0, 0.05) is 29.8 Å². The Morgan fingerprint density at radius 3 is 3.00 bits per heavy atom. The first-order chi connectivity index (χ1) is 7.69. The molecular formula is C12H13NO3. The maximum Gasteiger partial charge on any atom is 0.313 e. The Hall–Kier alpha value is -1.97. The Kier molecular flexibility index (Phi) is 2.81. The van der Waals surface area contributed by atoms with Gasteiger partial charge in [-0.25, -0.2) is 0 Å². The number of ether oxygens (including phenoxy) is 1. The van der Waals surface area contributed by atoms with Crippen LogP contribution in [0.5, 0.6) is 5.95 Å². The van der Waals surface area contributed by atoms with Crippen LogP contribution in [0, 0.1) is 0 Å². The maximum atomic E-state index is 11.2. The van der Waals surface area contributed by atoms with E-state index in [4.69, 9.17) is 14.9 Å². The van der Waals surface area contributed by atoms with Crippen LogP contribution >= 0.6 is 0 Å². The number of carbonyl (C=O) groups is 1. The summed E-state index contributed by atoms with van der Waals surface area (Å²) in [5.41, 5.74) is 7.15. The van der Waals surface area contributed by atoms with E-state index in [0.29, 0.717) is 17.9 Å². The van der Waals surface area contributed by atoms with E-state index in [1.807, 2.05) is 13.0 Å². The average molecular weight is 219 g/mol. The fourth-order valence-electron chi connectivity index (χ4n) is 1.47. The van der Waals surface area contributed by atoms with E-state index in [1.54, 1.807) is 18.2 Å². The zero-order valence-corrected chi connectivity index (χ0v) is 9.03. The number of rotatable bonds is 3. The second-order valence-corrected chi connectivity index (χ2v) is 3.59. The molecule has 0 aromatic rings. The van der Waals surface area contributed by atoms with Crippen LogP contribution in [0.4, 0.5) is 5.69 Å². The molecule has 0 saturated carbocycles. The predicted octanol–water partition coefficient (Wildman–Crippen LogP) is 2.67. The molecule has 0 amide bonds. The molecule has 4 heteroatoms. The number of nitrogen functional groups attached to an aromatic ring is 1. The van der Waals surface area contributed by atoms with Crippen molar-refractivity contribution in [1.29, 1.82) is 0 Å². The van der Waals surface area contributed by atoms with Crippen molar-refractivity contribution in [2.24, 2.45) is 0 Å². The van der Waals surface area contributed by atoms with Crippen LogP contribution in [0.2, 0.25) is 0 Å². The molecular weight excluding hydrogens is 206 g/mol. The monoisotopic (exact) mass is 219 g/mol. The highest BCUT2D eigenvalue weighted by Gasteiger charge is 2.11. The van der Waals surface area contributed by atoms with Crippen molar-refractivity contribution >= 4 is 11.7 Å². The van der Waals surface area contributed by atoms with Crippen LogP contribution in [-0.4, -0.2) is 5.97 Å². The van der Waals surface area contributed by atoms with Gasteiger partial charge in [0.05, 0.1) is 0 Å². The molecule has 0 bridgehead atoms. The van der Waals surface area contributed by atoms with Gasteiger partial charge in [0.2, 0.25) is 0 Å². The molecule has 0 aromatic carbocycles. The first-order valence-corrected chi connectivity index (χ1v) is 5.19. The molecule has 0 atom stereocenters. The molecule has 0 fully saturated rings. The van der Waals surface area contributed by atoms with E-state index in [1.165, 1.54) is 0 Å². The van der Waals surface area contributed by atoms with E-state index in [-0.39, 0.29) is 11.9 Å². The van der Waals surface area contributed by atoms with Gasteiger partial charge in [0.1, 0.15) is 5.76 Å². The van der Waals surface area contributed by atoms with E-state index >= 15 is 0 Å². The summed E-state index contributed by atoms with van der Waals surface area (Å²) in [6.45, 7) is 1.92. The van der Waals surface area contributed by atoms with Gasteiger partial charge < -0.3 is 14.9 Å². The first kappa shape index (κ1) is 10.5. The fraction of sp³-hybridized carbons (Fsp3) is 0.250.